The number of nitrogens with one attached hydrogen (secondary N) is 1. The molecule has 8 heteroatoms. The summed E-state index contributed by atoms with van der Waals surface area (Å²) in [7, 11) is 0. The Kier molecular flexibility index (Phi) is 4.35. The third kappa shape index (κ3) is 3.28. The highest BCUT2D eigenvalue weighted by atomic mass is 16.7. The third-order valence-electron chi connectivity index (χ3n) is 5.97. The number of imidazole rings is 1. The molecule has 1 saturated heterocycles. The van der Waals surface area contributed by atoms with Crippen molar-refractivity contribution in [2.24, 2.45) is 11.8 Å². The van der Waals surface area contributed by atoms with Gasteiger partial charge >= 0.3 is 0 Å². The van der Waals surface area contributed by atoms with Gasteiger partial charge in [0.1, 0.15) is 11.9 Å². The number of rotatable bonds is 4. The van der Waals surface area contributed by atoms with Gasteiger partial charge in [0.25, 0.3) is 0 Å². The monoisotopic (exact) mass is 385 g/mol. The lowest BCUT2D eigenvalue weighted by Gasteiger charge is -2.35. The molecule has 0 spiro atoms. The van der Waals surface area contributed by atoms with Crippen molar-refractivity contribution in [1.29, 1.82) is 0 Å². The van der Waals surface area contributed by atoms with E-state index in [1.807, 2.05) is 17.0 Å². The van der Waals surface area contributed by atoms with E-state index in [-0.39, 0.29) is 18.8 Å². The maximum atomic E-state index is 12.6. The molecule has 1 amide bonds. The number of hydrogen-bond acceptors (Lipinski definition) is 6. The summed E-state index contributed by atoms with van der Waals surface area (Å²) in [6, 6.07) is 5.46. The fraction of sp³-hybridized carbons (Fsp3) is 0.500. The van der Waals surface area contributed by atoms with Crippen molar-refractivity contribution >= 4 is 5.91 Å². The first kappa shape index (κ1) is 17.4. The van der Waals surface area contributed by atoms with Crippen LogP contribution >= 0.6 is 0 Å². The van der Waals surface area contributed by atoms with E-state index in [9.17, 15) is 9.90 Å². The molecule has 8 nitrogen and oxygen atoms in total. The minimum atomic E-state index is -0.547. The molecule has 2 aromatic rings. The smallest absolute Gasteiger partial charge is 0.231 e. The Morgan fingerprint density at radius 2 is 2.07 bits per heavy atom. The molecule has 5 rings (SSSR count). The van der Waals surface area contributed by atoms with Crippen molar-refractivity contribution in [3.8, 4) is 17.2 Å². The normalized spacial score (nSPS) is 28.2. The second kappa shape index (κ2) is 7.01. The van der Waals surface area contributed by atoms with Crippen molar-refractivity contribution in [2.75, 3.05) is 19.9 Å². The van der Waals surface area contributed by atoms with Crippen LogP contribution in [0.5, 0.6) is 17.2 Å². The Bertz CT molecular complexity index is 856. The number of ether oxygens (including phenoxy) is 3. The summed E-state index contributed by atoms with van der Waals surface area (Å²) in [5.74, 6) is 2.79. The fourth-order valence-corrected chi connectivity index (χ4v) is 4.50. The van der Waals surface area contributed by atoms with E-state index in [0.717, 1.165) is 12.1 Å². The maximum Gasteiger partial charge on any atom is 0.231 e. The second-order valence-corrected chi connectivity index (χ2v) is 7.78. The molecule has 4 atom stereocenters. The van der Waals surface area contributed by atoms with Gasteiger partial charge in [0.2, 0.25) is 12.7 Å². The van der Waals surface area contributed by atoms with Gasteiger partial charge in [-0.1, -0.05) is 0 Å². The van der Waals surface area contributed by atoms with Gasteiger partial charge in [-0.2, -0.15) is 0 Å². The van der Waals surface area contributed by atoms with Crippen LogP contribution in [-0.2, 0) is 11.2 Å². The molecule has 3 aliphatic rings. The first-order valence-electron chi connectivity index (χ1n) is 9.65. The number of aromatic amines is 1. The zero-order chi connectivity index (χ0) is 19.1. The Labute approximate surface area is 162 Å². The molecular formula is C20H23N3O5. The molecule has 2 aliphatic heterocycles. The number of hydrogen-bond donors (Lipinski definition) is 2. The summed E-state index contributed by atoms with van der Waals surface area (Å²) in [6.07, 6.45) is 4.14. The van der Waals surface area contributed by atoms with E-state index < -0.39 is 6.10 Å². The molecule has 148 valence electrons. The van der Waals surface area contributed by atoms with Gasteiger partial charge in [-0.3, -0.25) is 4.79 Å². The van der Waals surface area contributed by atoms with E-state index >= 15 is 0 Å². The van der Waals surface area contributed by atoms with Crippen LogP contribution in [0.2, 0.25) is 0 Å². The van der Waals surface area contributed by atoms with E-state index in [1.165, 1.54) is 0 Å². The Hall–Kier alpha value is -2.74. The number of carbonyl (C=O) groups excluding carboxylic acids is 1. The Balaban J connectivity index is 1.22. The summed E-state index contributed by atoms with van der Waals surface area (Å²) in [6.45, 7) is 1.63. The number of aliphatic hydroxyl groups is 1. The Morgan fingerprint density at radius 1 is 1.25 bits per heavy atom. The molecule has 2 fully saturated rings. The van der Waals surface area contributed by atoms with Crippen LogP contribution < -0.4 is 14.2 Å². The molecule has 0 bridgehead atoms. The molecular weight excluding hydrogens is 362 g/mol. The summed E-state index contributed by atoms with van der Waals surface area (Å²) in [5, 5.41) is 10.6. The van der Waals surface area contributed by atoms with Gasteiger partial charge in [-0.05, 0) is 36.8 Å². The highest BCUT2D eigenvalue weighted by Crippen LogP contribution is 2.40. The fourth-order valence-electron chi connectivity index (χ4n) is 4.50. The van der Waals surface area contributed by atoms with E-state index in [1.54, 1.807) is 18.6 Å². The molecule has 1 aromatic carbocycles. The van der Waals surface area contributed by atoms with Crippen LogP contribution in [0, 0.1) is 11.8 Å². The zero-order valence-electron chi connectivity index (χ0n) is 15.4. The topological polar surface area (TPSA) is 96.9 Å². The molecule has 2 N–H and O–H groups in total. The zero-order valence-corrected chi connectivity index (χ0v) is 15.4. The number of fused-ring (bicyclic) bond motifs is 2. The van der Waals surface area contributed by atoms with Crippen LogP contribution in [0.1, 0.15) is 18.5 Å². The van der Waals surface area contributed by atoms with Crippen molar-refractivity contribution in [2.45, 2.75) is 31.5 Å². The molecule has 1 aliphatic carbocycles. The van der Waals surface area contributed by atoms with Crippen LogP contribution in [0.3, 0.4) is 0 Å². The largest absolute Gasteiger partial charge is 0.488 e. The van der Waals surface area contributed by atoms with Crippen LogP contribution in [0.15, 0.2) is 30.7 Å². The first-order valence-corrected chi connectivity index (χ1v) is 9.65. The lowest BCUT2D eigenvalue weighted by Crippen LogP contribution is -2.42. The van der Waals surface area contributed by atoms with Crippen molar-refractivity contribution in [3.63, 3.8) is 0 Å². The number of likely N-dealkylation sites (tertiary alicyclic amines) is 1. The SMILES string of the molecule is O=C(Cc1cnc[nH]1)N1C[C@H]2C[C@@H](Oc3ccc4c(c3)OCO4)[C@H](O)C[C@H]2C1. The molecule has 1 saturated carbocycles. The number of carbonyl (C=O) groups is 1. The minimum Gasteiger partial charge on any atom is -0.488 e. The first-order chi connectivity index (χ1) is 13.7. The van der Waals surface area contributed by atoms with Gasteiger partial charge in [0, 0.05) is 31.0 Å². The lowest BCUT2D eigenvalue weighted by atomic mass is 9.78. The molecule has 0 unspecified atom stereocenters. The summed E-state index contributed by atoms with van der Waals surface area (Å²) in [5.41, 5.74) is 0.823. The van der Waals surface area contributed by atoms with E-state index in [0.29, 0.717) is 55.0 Å². The number of aliphatic hydroxyl groups excluding tert-OH is 1. The van der Waals surface area contributed by atoms with Gasteiger partial charge in [-0.25, -0.2) is 4.98 Å². The van der Waals surface area contributed by atoms with Crippen molar-refractivity contribution in [1.82, 2.24) is 14.9 Å². The number of aromatic nitrogens is 2. The molecule has 1 aromatic heterocycles. The van der Waals surface area contributed by atoms with Crippen LogP contribution in [0.25, 0.3) is 0 Å². The highest BCUT2D eigenvalue weighted by molar-refractivity contribution is 5.78. The molecule has 28 heavy (non-hydrogen) atoms. The Morgan fingerprint density at radius 3 is 2.89 bits per heavy atom. The van der Waals surface area contributed by atoms with E-state index in [2.05, 4.69) is 9.97 Å². The van der Waals surface area contributed by atoms with Gasteiger partial charge in [0.15, 0.2) is 11.5 Å². The number of nitrogens with zero attached hydrogens (tertiary/aromatic N) is 2. The van der Waals surface area contributed by atoms with Crippen molar-refractivity contribution < 1.29 is 24.1 Å². The minimum absolute atomic E-state index is 0.0985. The predicted octanol–water partition coefficient (Wildman–Crippen LogP) is 1.36. The van der Waals surface area contributed by atoms with Crippen molar-refractivity contribution in [3.05, 3.63) is 36.4 Å². The average molecular weight is 385 g/mol. The lowest BCUT2D eigenvalue weighted by molar-refractivity contribution is -0.129. The summed E-state index contributed by atoms with van der Waals surface area (Å²) in [4.78, 5) is 21.4. The molecule has 3 heterocycles. The van der Waals surface area contributed by atoms with Crippen LogP contribution in [0.4, 0.5) is 0 Å². The number of benzene rings is 1. The molecule has 0 radical (unpaired) electrons. The van der Waals surface area contributed by atoms with Gasteiger partial charge in [0.05, 0.1) is 18.9 Å². The highest BCUT2D eigenvalue weighted by Gasteiger charge is 2.43. The average Bonchev–Trinajstić information content (AvgIpc) is 3.41. The maximum absolute atomic E-state index is 12.6. The third-order valence-corrected chi connectivity index (χ3v) is 5.97. The van der Waals surface area contributed by atoms with Gasteiger partial charge in [-0.15, -0.1) is 0 Å². The number of H-pyrrole nitrogens is 1. The number of amides is 1. The summed E-state index contributed by atoms with van der Waals surface area (Å²) < 4.78 is 16.8. The summed E-state index contributed by atoms with van der Waals surface area (Å²) >= 11 is 0. The quantitative estimate of drug-likeness (QED) is 0.825. The van der Waals surface area contributed by atoms with Gasteiger partial charge < -0.3 is 29.2 Å². The standard InChI is InChI=1S/C20H23N3O5/c24-16-3-12-8-23(20(25)5-14-7-21-10-22-14)9-13(12)4-18(16)28-15-1-2-17-19(6-15)27-11-26-17/h1-2,6-7,10,12-13,16,18,24H,3-5,8-9,11H2,(H,21,22)/t12-,13+,16+,18+/m0/s1. The van der Waals surface area contributed by atoms with Crippen LogP contribution in [-0.4, -0.2) is 58.0 Å². The predicted molar refractivity (Wildman–Crippen MR) is 98.1 cm³/mol. The second-order valence-electron chi connectivity index (χ2n) is 7.78. The van der Waals surface area contributed by atoms with E-state index in [4.69, 9.17) is 14.2 Å².